The first-order valence-electron chi connectivity index (χ1n) is 9.98. The van der Waals surface area contributed by atoms with Gasteiger partial charge in [0.15, 0.2) is 0 Å². The van der Waals surface area contributed by atoms with Crippen LogP contribution >= 0.6 is 0 Å². The topological polar surface area (TPSA) is 26.8 Å². The predicted octanol–water partition coefficient (Wildman–Crippen LogP) is 2.88. The lowest BCUT2D eigenvalue weighted by Crippen LogP contribution is -2.52. The van der Waals surface area contributed by atoms with E-state index in [2.05, 4.69) is 40.8 Å². The van der Waals surface area contributed by atoms with Gasteiger partial charge in [-0.25, -0.2) is 0 Å². The largest absolute Gasteiger partial charge is 0.337 e. The standard InChI is InChI=1S/C21H33N3O/c1-3-6-18-8-10-19(11-9-18)21(25)24-12-5-4-7-20(17-24)23-15-13-22(2)14-16-23/h8-11,20H,3-7,12-17H2,1-2H3/t20-/m1/s1. The average Bonchev–Trinajstić information content (AvgIpc) is 2.89. The number of hydrogen-bond donors (Lipinski definition) is 0. The van der Waals surface area contributed by atoms with Gasteiger partial charge in [0.25, 0.3) is 5.91 Å². The number of amides is 1. The molecule has 1 aromatic rings. The summed E-state index contributed by atoms with van der Waals surface area (Å²) in [5.41, 5.74) is 2.17. The van der Waals surface area contributed by atoms with Gasteiger partial charge in [-0.1, -0.05) is 31.9 Å². The molecule has 0 N–H and O–H groups in total. The molecule has 2 heterocycles. The Morgan fingerprint density at radius 1 is 1.04 bits per heavy atom. The van der Waals surface area contributed by atoms with E-state index in [9.17, 15) is 4.79 Å². The van der Waals surface area contributed by atoms with Gasteiger partial charge < -0.3 is 9.80 Å². The van der Waals surface area contributed by atoms with E-state index < -0.39 is 0 Å². The monoisotopic (exact) mass is 343 g/mol. The lowest BCUT2D eigenvalue weighted by Gasteiger charge is -2.39. The molecule has 25 heavy (non-hydrogen) atoms. The van der Waals surface area contributed by atoms with Crippen LogP contribution in [0.4, 0.5) is 0 Å². The van der Waals surface area contributed by atoms with Crippen LogP contribution in [0.25, 0.3) is 0 Å². The maximum atomic E-state index is 13.0. The second-order valence-electron chi connectivity index (χ2n) is 7.69. The van der Waals surface area contributed by atoms with Gasteiger partial charge in [0, 0.05) is 50.9 Å². The minimum Gasteiger partial charge on any atom is -0.337 e. The molecule has 4 heteroatoms. The summed E-state index contributed by atoms with van der Waals surface area (Å²) in [6.45, 7) is 8.53. The zero-order valence-corrected chi connectivity index (χ0v) is 15.9. The van der Waals surface area contributed by atoms with Gasteiger partial charge >= 0.3 is 0 Å². The van der Waals surface area contributed by atoms with Crippen molar-refractivity contribution < 1.29 is 4.79 Å². The Morgan fingerprint density at radius 3 is 2.44 bits per heavy atom. The molecule has 0 unspecified atom stereocenters. The van der Waals surface area contributed by atoms with Gasteiger partial charge in [-0.2, -0.15) is 0 Å². The summed E-state index contributed by atoms with van der Waals surface area (Å²) in [6.07, 6.45) is 5.82. The van der Waals surface area contributed by atoms with Gasteiger partial charge in [-0.3, -0.25) is 9.69 Å². The number of aryl methyl sites for hydroxylation is 1. The number of carbonyl (C=O) groups excluding carboxylic acids is 1. The number of carbonyl (C=O) groups is 1. The number of benzene rings is 1. The molecule has 2 saturated heterocycles. The third kappa shape index (κ3) is 4.83. The van der Waals surface area contributed by atoms with Crippen molar-refractivity contribution in [2.24, 2.45) is 0 Å². The number of nitrogens with zero attached hydrogens (tertiary/aromatic N) is 3. The Bertz CT molecular complexity index is 549. The molecule has 4 nitrogen and oxygen atoms in total. The maximum Gasteiger partial charge on any atom is 0.253 e. The molecule has 0 aromatic heterocycles. The zero-order chi connectivity index (χ0) is 17.6. The second kappa shape index (κ2) is 8.81. The van der Waals surface area contributed by atoms with E-state index in [1.807, 2.05) is 12.1 Å². The molecule has 0 saturated carbocycles. The molecule has 2 fully saturated rings. The van der Waals surface area contributed by atoms with Gasteiger partial charge in [0.2, 0.25) is 0 Å². The smallest absolute Gasteiger partial charge is 0.253 e. The third-order valence-electron chi connectivity index (χ3n) is 5.73. The molecule has 138 valence electrons. The van der Waals surface area contributed by atoms with Crippen molar-refractivity contribution >= 4 is 5.91 Å². The Morgan fingerprint density at radius 2 is 1.76 bits per heavy atom. The number of rotatable bonds is 4. The summed E-state index contributed by atoms with van der Waals surface area (Å²) >= 11 is 0. The minimum atomic E-state index is 0.212. The highest BCUT2D eigenvalue weighted by molar-refractivity contribution is 5.94. The van der Waals surface area contributed by atoms with Crippen molar-refractivity contribution in [3.05, 3.63) is 35.4 Å². The molecule has 1 amide bonds. The van der Waals surface area contributed by atoms with Gasteiger partial charge in [0.05, 0.1) is 0 Å². The van der Waals surface area contributed by atoms with Crippen molar-refractivity contribution in [3.8, 4) is 0 Å². The first-order valence-corrected chi connectivity index (χ1v) is 9.98. The number of piperazine rings is 1. The normalized spacial score (nSPS) is 23.4. The van der Waals surface area contributed by atoms with E-state index in [4.69, 9.17) is 0 Å². The number of likely N-dealkylation sites (N-methyl/N-ethyl adjacent to an activating group) is 1. The fourth-order valence-electron chi connectivity index (χ4n) is 4.07. The lowest BCUT2D eigenvalue weighted by atomic mass is 10.1. The van der Waals surface area contributed by atoms with Crippen LogP contribution in [-0.4, -0.2) is 73.0 Å². The summed E-state index contributed by atoms with van der Waals surface area (Å²) in [5, 5.41) is 0. The Hall–Kier alpha value is -1.39. The van der Waals surface area contributed by atoms with E-state index in [0.29, 0.717) is 6.04 Å². The molecule has 0 radical (unpaired) electrons. The summed E-state index contributed by atoms with van der Waals surface area (Å²) in [4.78, 5) is 20.1. The molecule has 1 aromatic carbocycles. The van der Waals surface area contributed by atoms with Crippen LogP contribution in [0, 0.1) is 0 Å². The van der Waals surface area contributed by atoms with Crippen molar-refractivity contribution in [2.75, 3.05) is 46.3 Å². The number of hydrogen-bond acceptors (Lipinski definition) is 3. The molecule has 0 aliphatic carbocycles. The molecule has 2 aliphatic heterocycles. The molecular weight excluding hydrogens is 310 g/mol. The quantitative estimate of drug-likeness (QED) is 0.841. The summed E-state index contributed by atoms with van der Waals surface area (Å²) in [6, 6.07) is 8.80. The van der Waals surface area contributed by atoms with Crippen LogP contribution in [0.15, 0.2) is 24.3 Å². The Kier molecular flexibility index (Phi) is 6.49. The van der Waals surface area contributed by atoms with Gasteiger partial charge in [0.1, 0.15) is 0 Å². The van der Waals surface area contributed by atoms with Crippen LogP contribution < -0.4 is 0 Å². The van der Waals surface area contributed by atoms with Crippen LogP contribution in [0.3, 0.4) is 0 Å². The Labute approximate surface area is 152 Å². The molecule has 3 rings (SSSR count). The first kappa shape index (κ1) is 18.4. The fraction of sp³-hybridized carbons (Fsp3) is 0.667. The maximum absolute atomic E-state index is 13.0. The average molecular weight is 344 g/mol. The van der Waals surface area contributed by atoms with Crippen LogP contribution in [0.2, 0.25) is 0 Å². The van der Waals surface area contributed by atoms with Crippen LogP contribution in [0.1, 0.15) is 48.5 Å². The van der Waals surface area contributed by atoms with E-state index in [1.165, 1.54) is 18.4 Å². The predicted molar refractivity (Wildman–Crippen MR) is 103 cm³/mol. The first-order chi connectivity index (χ1) is 12.2. The Balaban J connectivity index is 1.64. The van der Waals surface area contributed by atoms with E-state index in [-0.39, 0.29) is 5.91 Å². The van der Waals surface area contributed by atoms with Gasteiger partial charge in [-0.05, 0) is 44.0 Å². The summed E-state index contributed by atoms with van der Waals surface area (Å²) < 4.78 is 0. The van der Waals surface area contributed by atoms with Crippen molar-refractivity contribution in [3.63, 3.8) is 0 Å². The SMILES string of the molecule is CCCc1ccc(C(=O)N2CCCC[C@@H](N3CCN(C)CC3)C2)cc1. The molecular formula is C21H33N3O. The van der Waals surface area contributed by atoms with Crippen LogP contribution in [0.5, 0.6) is 0 Å². The van der Waals surface area contributed by atoms with Crippen LogP contribution in [-0.2, 0) is 6.42 Å². The van der Waals surface area contributed by atoms with Crippen molar-refractivity contribution in [1.29, 1.82) is 0 Å². The third-order valence-corrected chi connectivity index (χ3v) is 5.73. The highest BCUT2D eigenvalue weighted by Gasteiger charge is 2.28. The highest BCUT2D eigenvalue weighted by Crippen LogP contribution is 2.19. The molecule has 0 spiro atoms. The minimum absolute atomic E-state index is 0.212. The van der Waals surface area contributed by atoms with Gasteiger partial charge in [-0.15, -0.1) is 0 Å². The van der Waals surface area contributed by atoms with Crippen molar-refractivity contribution in [1.82, 2.24) is 14.7 Å². The molecule has 2 aliphatic rings. The van der Waals surface area contributed by atoms with E-state index in [0.717, 1.165) is 64.1 Å². The highest BCUT2D eigenvalue weighted by atomic mass is 16.2. The summed E-state index contributed by atoms with van der Waals surface area (Å²) in [7, 11) is 2.20. The molecule has 1 atom stereocenters. The zero-order valence-electron chi connectivity index (χ0n) is 15.9. The van der Waals surface area contributed by atoms with E-state index >= 15 is 0 Å². The fourth-order valence-corrected chi connectivity index (χ4v) is 4.07. The summed E-state index contributed by atoms with van der Waals surface area (Å²) in [5.74, 6) is 0.212. The lowest BCUT2D eigenvalue weighted by molar-refractivity contribution is 0.0631. The van der Waals surface area contributed by atoms with Crippen molar-refractivity contribution in [2.45, 2.75) is 45.1 Å². The number of likely N-dealkylation sites (tertiary alicyclic amines) is 1. The molecule has 0 bridgehead atoms. The second-order valence-corrected chi connectivity index (χ2v) is 7.69. The van der Waals surface area contributed by atoms with E-state index in [1.54, 1.807) is 0 Å².